The Morgan fingerprint density at radius 1 is 1.23 bits per heavy atom. The van der Waals surface area contributed by atoms with Gasteiger partial charge in [0.2, 0.25) is 0 Å². The van der Waals surface area contributed by atoms with Gasteiger partial charge in [0.1, 0.15) is 17.2 Å². The van der Waals surface area contributed by atoms with Crippen molar-refractivity contribution in [1.82, 2.24) is 29.7 Å². The Bertz CT molecular complexity index is 911. The van der Waals surface area contributed by atoms with E-state index in [4.69, 9.17) is 0 Å². The molecular formula is C17H19F2N7. The average molecular weight is 359 g/mol. The summed E-state index contributed by atoms with van der Waals surface area (Å²) in [4.78, 5) is 19.1. The Kier molecular flexibility index (Phi) is 4.46. The Hall–Kier alpha value is -2.68. The number of nitrogens with one attached hydrogen (secondary N) is 1. The summed E-state index contributed by atoms with van der Waals surface area (Å²) in [6.07, 6.45) is 5.47. The molecule has 0 saturated carbocycles. The van der Waals surface area contributed by atoms with E-state index in [1.165, 1.54) is 12.4 Å². The maximum absolute atomic E-state index is 13.0. The highest BCUT2D eigenvalue weighted by Crippen LogP contribution is 2.23. The average Bonchev–Trinajstić information content (AvgIpc) is 3.11. The summed E-state index contributed by atoms with van der Waals surface area (Å²) in [5.74, 6) is 1.28. The van der Waals surface area contributed by atoms with Crippen LogP contribution in [-0.2, 0) is 0 Å². The van der Waals surface area contributed by atoms with Crippen LogP contribution in [0, 0.1) is 0 Å². The molecule has 1 atom stereocenters. The number of hydrogen-bond donors (Lipinski definition) is 1. The summed E-state index contributed by atoms with van der Waals surface area (Å²) in [6, 6.07) is 2.30. The maximum atomic E-state index is 13.0. The van der Waals surface area contributed by atoms with Gasteiger partial charge in [-0.1, -0.05) is 0 Å². The lowest BCUT2D eigenvalue weighted by Gasteiger charge is -2.33. The Labute approximate surface area is 149 Å². The molecule has 1 saturated heterocycles. The molecule has 136 valence electrons. The van der Waals surface area contributed by atoms with Crippen molar-refractivity contribution in [3.63, 3.8) is 0 Å². The monoisotopic (exact) mass is 359 g/mol. The van der Waals surface area contributed by atoms with Gasteiger partial charge in [-0.25, -0.2) is 28.7 Å². The molecule has 0 radical (unpaired) electrons. The van der Waals surface area contributed by atoms with Crippen molar-refractivity contribution >= 4 is 11.5 Å². The fourth-order valence-corrected chi connectivity index (χ4v) is 3.25. The van der Waals surface area contributed by atoms with Gasteiger partial charge in [0.05, 0.1) is 12.4 Å². The number of hydrogen-bond acceptors (Lipinski definition) is 6. The zero-order valence-corrected chi connectivity index (χ0v) is 14.3. The van der Waals surface area contributed by atoms with Crippen LogP contribution in [0.25, 0.3) is 17.2 Å². The number of anilines is 1. The first-order chi connectivity index (χ1) is 12.7. The van der Waals surface area contributed by atoms with Crippen molar-refractivity contribution in [3.8, 4) is 11.5 Å². The lowest BCUT2D eigenvalue weighted by molar-refractivity contribution is 0.145. The third-order valence-corrected chi connectivity index (χ3v) is 4.66. The van der Waals surface area contributed by atoms with Gasteiger partial charge in [0.15, 0.2) is 11.5 Å². The highest BCUT2D eigenvalue weighted by Gasteiger charge is 2.21. The van der Waals surface area contributed by atoms with Gasteiger partial charge >= 0.3 is 0 Å². The summed E-state index contributed by atoms with van der Waals surface area (Å²) >= 11 is 0. The minimum Gasteiger partial charge on any atom is -0.355 e. The van der Waals surface area contributed by atoms with Crippen LogP contribution in [0.2, 0.25) is 0 Å². The van der Waals surface area contributed by atoms with E-state index < -0.39 is 6.43 Å². The van der Waals surface area contributed by atoms with E-state index in [2.05, 4.69) is 30.2 Å². The van der Waals surface area contributed by atoms with Gasteiger partial charge < -0.3 is 10.2 Å². The normalized spacial score (nSPS) is 18.0. The second-order valence-corrected chi connectivity index (χ2v) is 6.30. The van der Waals surface area contributed by atoms with Crippen molar-refractivity contribution in [3.05, 3.63) is 36.5 Å². The van der Waals surface area contributed by atoms with Crippen molar-refractivity contribution in [2.24, 2.45) is 0 Å². The Morgan fingerprint density at radius 2 is 2.12 bits per heavy atom. The number of alkyl halides is 2. The number of aromatic nitrogens is 5. The number of halogens is 2. The van der Waals surface area contributed by atoms with Crippen LogP contribution in [0.1, 0.15) is 25.0 Å². The van der Waals surface area contributed by atoms with E-state index in [0.717, 1.165) is 31.7 Å². The van der Waals surface area contributed by atoms with Gasteiger partial charge in [-0.15, -0.1) is 0 Å². The quantitative estimate of drug-likeness (QED) is 0.771. The summed E-state index contributed by atoms with van der Waals surface area (Å²) in [7, 11) is 1.96. The lowest BCUT2D eigenvalue weighted by atomic mass is 10.1. The predicted octanol–water partition coefficient (Wildman–Crippen LogP) is 2.31. The maximum Gasteiger partial charge on any atom is 0.281 e. The van der Waals surface area contributed by atoms with Gasteiger partial charge in [0, 0.05) is 31.5 Å². The molecule has 0 amide bonds. The first kappa shape index (κ1) is 16.8. The van der Waals surface area contributed by atoms with Crippen molar-refractivity contribution in [2.45, 2.75) is 25.3 Å². The van der Waals surface area contributed by atoms with E-state index >= 15 is 0 Å². The van der Waals surface area contributed by atoms with Gasteiger partial charge in [-0.3, -0.25) is 4.40 Å². The molecule has 1 aliphatic heterocycles. The third kappa shape index (κ3) is 3.10. The summed E-state index contributed by atoms with van der Waals surface area (Å²) in [5, 5.41) is 3.31. The smallest absolute Gasteiger partial charge is 0.281 e. The second kappa shape index (κ2) is 6.91. The number of rotatable bonds is 4. The van der Waals surface area contributed by atoms with E-state index in [-0.39, 0.29) is 5.69 Å². The topological polar surface area (TPSA) is 71.2 Å². The standard InChI is InChI=1S/C17H19F2N7/c1-20-11-3-2-6-25(9-11)14-4-5-21-17(24-14)13-7-23-15-8-22-12(16(18)19)10-26(13)15/h4-5,7-8,10-11,16,20H,2-3,6,9H2,1H3. The molecule has 26 heavy (non-hydrogen) atoms. The minimum atomic E-state index is -2.64. The molecule has 0 bridgehead atoms. The fraction of sp³-hybridized carbons (Fsp3) is 0.412. The molecule has 3 aromatic heterocycles. The predicted molar refractivity (Wildman–Crippen MR) is 93.3 cm³/mol. The van der Waals surface area contributed by atoms with Crippen molar-refractivity contribution < 1.29 is 8.78 Å². The fourth-order valence-electron chi connectivity index (χ4n) is 3.25. The lowest BCUT2D eigenvalue weighted by Crippen LogP contribution is -2.44. The third-order valence-electron chi connectivity index (χ3n) is 4.66. The van der Waals surface area contributed by atoms with Crippen molar-refractivity contribution in [2.75, 3.05) is 25.0 Å². The molecule has 1 fully saturated rings. The van der Waals surface area contributed by atoms with E-state index in [1.807, 2.05) is 13.1 Å². The van der Waals surface area contributed by atoms with Gasteiger partial charge in [0.25, 0.3) is 6.43 Å². The summed E-state index contributed by atoms with van der Waals surface area (Å²) in [6.45, 7) is 1.81. The van der Waals surface area contributed by atoms with Crippen LogP contribution in [0.15, 0.2) is 30.9 Å². The van der Waals surface area contributed by atoms with E-state index in [0.29, 0.717) is 23.2 Å². The molecule has 7 nitrogen and oxygen atoms in total. The van der Waals surface area contributed by atoms with Gasteiger partial charge in [-0.2, -0.15) is 0 Å². The summed E-state index contributed by atoms with van der Waals surface area (Å²) in [5.41, 5.74) is 0.737. The van der Waals surface area contributed by atoms with Crippen LogP contribution in [0.4, 0.5) is 14.6 Å². The Morgan fingerprint density at radius 3 is 2.92 bits per heavy atom. The zero-order valence-electron chi connectivity index (χ0n) is 14.3. The van der Waals surface area contributed by atoms with Crippen LogP contribution < -0.4 is 10.2 Å². The molecular weight excluding hydrogens is 340 g/mol. The van der Waals surface area contributed by atoms with Crippen LogP contribution in [-0.4, -0.2) is 50.5 Å². The molecule has 4 rings (SSSR count). The molecule has 0 aliphatic carbocycles. The first-order valence-electron chi connectivity index (χ1n) is 8.52. The molecule has 0 spiro atoms. The molecule has 1 aliphatic rings. The number of nitrogens with zero attached hydrogens (tertiary/aromatic N) is 6. The van der Waals surface area contributed by atoms with E-state index in [9.17, 15) is 8.78 Å². The highest BCUT2D eigenvalue weighted by atomic mass is 19.3. The molecule has 4 heterocycles. The number of piperidine rings is 1. The van der Waals surface area contributed by atoms with E-state index in [1.54, 1.807) is 16.8 Å². The number of likely N-dealkylation sites (N-methyl/N-ethyl adjacent to an activating group) is 1. The highest BCUT2D eigenvalue weighted by molar-refractivity contribution is 5.58. The van der Waals surface area contributed by atoms with Crippen molar-refractivity contribution in [1.29, 1.82) is 0 Å². The van der Waals surface area contributed by atoms with Crippen LogP contribution in [0.3, 0.4) is 0 Å². The van der Waals surface area contributed by atoms with Crippen LogP contribution in [0.5, 0.6) is 0 Å². The Balaban J connectivity index is 1.70. The number of imidazole rings is 1. The minimum absolute atomic E-state index is 0.305. The van der Waals surface area contributed by atoms with Gasteiger partial charge in [-0.05, 0) is 26.0 Å². The zero-order chi connectivity index (χ0) is 18.1. The molecule has 1 N–H and O–H groups in total. The largest absolute Gasteiger partial charge is 0.355 e. The second-order valence-electron chi connectivity index (χ2n) is 6.30. The first-order valence-corrected chi connectivity index (χ1v) is 8.52. The SMILES string of the molecule is CNC1CCCN(c2ccnc(-c3cnc4cnc(C(F)F)cn34)n2)C1. The molecule has 1 unspecified atom stereocenters. The summed E-state index contributed by atoms with van der Waals surface area (Å²) < 4.78 is 27.5. The van der Waals surface area contributed by atoms with Crippen LogP contribution >= 0.6 is 0 Å². The molecule has 3 aromatic rings. The molecule has 0 aromatic carbocycles. The number of fused-ring (bicyclic) bond motifs is 1. The molecule has 9 heteroatoms.